The van der Waals surface area contributed by atoms with Gasteiger partial charge in [-0.25, -0.2) is 9.97 Å². The van der Waals surface area contributed by atoms with E-state index < -0.39 is 0 Å². The minimum absolute atomic E-state index is 0.356. The molecule has 0 saturated carbocycles. The summed E-state index contributed by atoms with van der Waals surface area (Å²) in [5.74, 6) is 1.76. The number of halogens is 1. The Morgan fingerprint density at radius 1 is 1.29 bits per heavy atom. The van der Waals surface area contributed by atoms with Crippen molar-refractivity contribution in [1.29, 1.82) is 0 Å². The van der Waals surface area contributed by atoms with Crippen LogP contribution in [0.5, 0.6) is 0 Å². The van der Waals surface area contributed by atoms with Crippen molar-refractivity contribution in [2.45, 2.75) is 20.1 Å². The summed E-state index contributed by atoms with van der Waals surface area (Å²) in [6.07, 6.45) is 0. The number of nitrogens with two attached hydrogens (primary N) is 1. The van der Waals surface area contributed by atoms with Gasteiger partial charge in [-0.2, -0.15) is 0 Å². The Kier molecular flexibility index (Phi) is 5.36. The first kappa shape index (κ1) is 15.5. The van der Waals surface area contributed by atoms with E-state index in [9.17, 15) is 0 Å². The molecule has 2 N–H and O–H groups in total. The second-order valence-electron chi connectivity index (χ2n) is 4.65. The van der Waals surface area contributed by atoms with Crippen LogP contribution in [0, 0.1) is 0 Å². The Bertz CT molecular complexity index is 606. The first-order valence-corrected chi connectivity index (χ1v) is 7.13. The average molecular weight is 307 g/mol. The van der Waals surface area contributed by atoms with Gasteiger partial charge in [-0.15, -0.1) is 0 Å². The minimum atomic E-state index is 0.356. The number of nitrogens with zero attached hydrogens (tertiary/aromatic N) is 3. The van der Waals surface area contributed by atoms with Crippen molar-refractivity contribution in [3.8, 4) is 0 Å². The molecule has 0 spiro atoms. The number of hydrogen-bond donors (Lipinski definition) is 1. The first-order chi connectivity index (χ1) is 10.1. The molecule has 2 aromatic rings. The van der Waals surface area contributed by atoms with Gasteiger partial charge in [0.05, 0.1) is 0 Å². The zero-order valence-corrected chi connectivity index (χ0v) is 13.0. The third-order valence-electron chi connectivity index (χ3n) is 2.97. The molecule has 0 saturated heterocycles. The molecule has 0 amide bonds. The topological polar surface area (TPSA) is 64.3 Å². The van der Waals surface area contributed by atoms with Gasteiger partial charge < -0.3 is 15.4 Å². The summed E-state index contributed by atoms with van der Waals surface area (Å²) in [7, 11) is 1.94. The zero-order valence-electron chi connectivity index (χ0n) is 12.2. The molecule has 1 heterocycles. The van der Waals surface area contributed by atoms with Gasteiger partial charge in [0.25, 0.3) is 0 Å². The van der Waals surface area contributed by atoms with E-state index >= 15 is 0 Å². The van der Waals surface area contributed by atoms with E-state index in [1.165, 1.54) is 0 Å². The number of rotatable bonds is 6. The number of benzene rings is 1. The van der Waals surface area contributed by atoms with Gasteiger partial charge in [-0.3, -0.25) is 0 Å². The molecule has 0 bridgehead atoms. The van der Waals surface area contributed by atoms with E-state index in [1.807, 2.05) is 43.1 Å². The fourth-order valence-corrected chi connectivity index (χ4v) is 2.12. The molecule has 5 nitrogen and oxygen atoms in total. The van der Waals surface area contributed by atoms with E-state index in [4.69, 9.17) is 22.1 Å². The van der Waals surface area contributed by atoms with E-state index in [-0.39, 0.29) is 0 Å². The Labute approximate surface area is 129 Å². The van der Waals surface area contributed by atoms with Crippen LogP contribution in [0.3, 0.4) is 0 Å². The van der Waals surface area contributed by atoms with Gasteiger partial charge in [0.15, 0.2) is 5.82 Å². The average Bonchev–Trinajstić information content (AvgIpc) is 2.47. The Morgan fingerprint density at radius 3 is 2.76 bits per heavy atom. The molecule has 0 unspecified atom stereocenters. The van der Waals surface area contributed by atoms with Crippen molar-refractivity contribution < 1.29 is 4.74 Å². The molecule has 2 rings (SSSR count). The standard InChI is InChI=1S/C15H19ClN4O/c1-3-21-10-14-18-13(17)8-15(19-14)20(2)9-11-6-4-5-7-12(11)16/h4-8H,3,9-10H2,1-2H3,(H2,17,18,19). The van der Waals surface area contributed by atoms with Gasteiger partial charge >= 0.3 is 0 Å². The molecule has 1 aromatic heterocycles. The fraction of sp³-hybridized carbons (Fsp3) is 0.333. The third kappa shape index (κ3) is 4.31. The highest BCUT2D eigenvalue weighted by molar-refractivity contribution is 6.31. The second kappa shape index (κ2) is 7.24. The summed E-state index contributed by atoms with van der Waals surface area (Å²) in [4.78, 5) is 10.6. The molecule has 21 heavy (non-hydrogen) atoms. The normalized spacial score (nSPS) is 10.6. The lowest BCUT2D eigenvalue weighted by atomic mass is 10.2. The number of ether oxygens (including phenoxy) is 1. The fourth-order valence-electron chi connectivity index (χ4n) is 1.92. The molecule has 0 aliphatic carbocycles. The third-order valence-corrected chi connectivity index (χ3v) is 3.34. The molecule has 0 aliphatic heterocycles. The van der Waals surface area contributed by atoms with Crippen LogP contribution in [0.15, 0.2) is 30.3 Å². The van der Waals surface area contributed by atoms with Gasteiger partial charge in [0, 0.05) is 31.3 Å². The van der Waals surface area contributed by atoms with Crippen LogP contribution in [0.4, 0.5) is 11.6 Å². The van der Waals surface area contributed by atoms with Gasteiger partial charge in [0.1, 0.15) is 18.2 Å². The van der Waals surface area contributed by atoms with E-state index in [0.29, 0.717) is 31.4 Å². The summed E-state index contributed by atoms with van der Waals surface area (Å²) in [6.45, 7) is 3.54. The lowest BCUT2D eigenvalue weighted by Crippen LogP contribution is -2.19. The van der Waals surface area contributed by atoms with Crippen LogP contribution in [0.2, 0.25) is 5.02 Å². The summed E-state index contributed by atoms with van der Waals surface area (Å²) in [6, 6.07) is 9.48. The van der Waals surface area contributed by atoms with Crippen molar-refractivity contribution in [3.05, 3.63) is 46.7 Å². The molecule has 0 aliphatic rings. The molecule has 6 heteroatoms. The highest BCUT2D eigenvalue weighted by Crippen LogP contribution is 2.20. The maximum atomic E-state index is 6.18. The lowest BCUT2D eigenvalue weighted by molar-refractivity contribution is 0.128. The van der Waals surface area contributed by atoms with Crippen LogP contribution < -0.4 is 10.6 Å². The molecule has 0 fully saturated rings. The number of hydrogen-bond acceptors (Lipinski definition) is 5. The summed E-state index contributed by atoms with van der Waals surface area (Å²) < 4.78 is 5.33. The quantitative estimate of drug-likeness (QED) is 0.889. The Balaban J connectivity index is 2.16. The van der Waals surface area contributed by atoms with E-state index in [2.05, 4.69) is 9.97 Å². The van der Waals surface area contributed by atoms with Crippen molar-refractivity contribution in [2.75, 3.05) is 24.3 Å². The Morgan fingerprint density at radius 2 is 2.05 bits per heavy atom. The number of aromatic nitrogens is 2. The summed E-state index contributed by atoms with van der Waals surface area (Å²) in [5.41, 5.74) is 6.87. The van der Waals surface area contributed by atoms with Gasteiger partial charge in [0.2, 0.25) is 0 Å². The Hall–Kier alpha value is -1.85. The van der Waals surface area contributed by atoms with Crippen molar-refractivity contribution in [2.24, 2.45) is 0 Å². The van der Waals surface area contributed by atoms with Crippen LogP contribution in [0.25, 0.3) is 0 Å². The predicted octanol–water partition coefficient (Wildman–Crippen LogP) is 2.89. The van der Waals surface area contributed by atoms with Crippen LogP contribution >= 0.6 is 11.6 Å². The van der Waals surface area contributed by atoms with Crippen LogP contribution in [0.1, 0.15) is 18.3 Å². The maximum Gasteiger partial charge on any atom is 0.158 e. The highest BCUT2D eigenvalue weighted by atomic mass is 35.5. The van der Waals surface area contributed by atoms with E-state index in [1.54, 1.807) is 6.07 Å². The van der Waals surface area contributed by atoms with Gasteiger partial charge in [-0.05, 0) is 18.6 Å². The smallest absolute Gasteiger partial charge is 0.158 e. The van der Waals surface area contributed by atoms with Crippen molar-refractivity contribution in [1.82, 2.24) is 9.97 Å². The monoisotopic (exact) mass is 306 g/mol. The maximum absolute atomic E-state index is 6.18. The summed E-state index contributed by atoms with van der Waals surface area (Å²) in [5, 5.41) is 0.737. The highest BCUT2D eigenvalue weighted by Gasteiger charge is 2.09. The number of anilines is 2. The molecule has 0 atom stereocenters. The molecular formula is C15H19ClN4O. The minimum Gasteiger partial charge on any atom is -0.384 e. The van der Waals surface area contributed by atoms with E-state index in [0.717, 1.165) is 16.4 Å². The lowest BCUT2D eigenvalue weighted by Gasteiger charge is -2.19. The van der Waals surface area contributed by atoms with Crippen LogP contribution in [-0.2, 0) is 17.9 Å². The molecule has 0 radical (unpaired) electrons. The zero-order chi connectivity index (χ0) is 15.2. The van der Waals surface area contributed by atoms with Crippen LogP contribution in [-0.4, -0.2) is 23.6 Å². The molecular weight excluding hydrogens is 288 g/mol. The SMILES string of the molecule is CCOCc1nc(N)cc(N(C)Cc2ccccc2Cl)n1. The predicted molar refractivity (Wildman–Crippen MR) is 85.3 cm³/mol. The van der Waals surface area contributed by atoms with Gasteiger partial charge in [-0.1, -0.05) is 29.8 Å². The molecule has 1 aromatic carbocycles. The van der Waals surface area contributed by atoms with Crippen molar-refractivity contribution >= 4 is 23.2 Å². The molecule has 112 valence electrons. The number of nitrogen functional groups attached to an aromatic ring is 1. The summed E-state index contributed by atoms with van der Waals surface area (Å²) >= 11 is 6.18. The first-order valence-electron chi connectivity index (χ1n) is 6.76. The largest absolute Gasteiger partial charge is 0.384 e. The van der Waals surface area contributed by atoms with Crippen molar-refractivity contribution in [3.63, 3.8) is 0 Å². The second-order valence-corrected chi connectivity index (χ2v) is 5.06.